The van der Waals surface area contributed by atoms with Crippen LogP contribution < -0.4 is 4.74 Å². The Morgan fingerprint density at radius 2 is 2.29 bits per heavy atom. The standard InChI is InChI=1S/C17H17N3O/c1-14(17-13-19-8-9-20-17)11-15-5-4-6-16(12-15)21-10-3-2-7-18/h4-6,8-9,11-13H,2-3,10H2,1H3. The van der Waals surface area contributed by atoms with Gasteiger partial charge in [0.2, 0.25) is 0 Å². The molecule has 1 heterocycles. The molecule has 106 valence electrons. The van der Waals surface area contributed by atoms with Crippen molar-refractivity contribution >= 4 is 11.6 Å². The zero-order valence-corrected chi connectivity index (χ0v) is 12.0. The lowest BCUT2D eigenvalue weighted by Gasteiger charge is -2.06. The van der Waals surface area contributed by atoms with E-state index in [9.17, 15) is 0 Å². The van der Waals surface area contributed by atoms with Gasteiger partial charge in [0.1, 0.15) is 5.75 Å². The Balaban J connectivity index is 2.05. The van der Waals surface area contributed by atoms with Gasteiger partial charge in [-0.2, -0.15) is 5.26 Å². The number of aromatic nitrogens is 2. The van der Waals surface area contributed by atoms with Crippen LogP contribution in [0.1, 0.15) is 31.0 Å². The Bertz CT molecular complexity index is 645. The Labute approximate surface area is 124 Å². The van der Waals surface area contributed by atoms with Crippen LogP contribution >= 0.6 is 0 Å². The summed E-state index contributed by atoms with van der Waals surface area (Å²) in [6, 6.07) is 9.97. The molecule has 2 rings (SSSR count). The first-order valence-corrected chi connectivity index (χ1v) is 6.84. The number of nitriles is 1. The van der Waals surface area contributed by atoms with E-state index in [0.29, 0.717) is 13.0 Å². The summed E-state index contributed by atoms with van der Waals surface area (Å²) in [5.41, 5.74) is 2.96. The van der Waals surface area contributed by atoms with Crippen molar-refractivity contribution < 1.29 is 4.74 Å². The summed E-state index contributed by atoms with van der Waals surface area (Å²) in [5, 5.41) is 8.49. The van der Waals surface area contributed by atoms with Gasteiger partial charge < -0.3 is 4.74 Å². The zero-order valence-electron chi connectivity index (χ0n) is 12.0. The predicted molar refractivity (Wildman–Crippen MR) is 82.4 cm³/mol. The number of ether oxygens (including phenoxy) is 1. The fourth-order valence-corrected chi connectivity index (χ4v) is 1.86. The smallest absolute Gasteiger partial charge is 0.119 e. The van der Waals surface area contributed by atoms with Gasteiger partial charge in [-0.1, -0.05) is 12.1 Å². The van der Waals surface area contributed by atoms with Crippen LogP contribution in [0, 0.1) is 11.3 Å². The van der Waals surface area contributed by atoms with Crippen LogP contribution in [0.25, 0.3) is 11.6 Å². The zero-order chi connectivity index (χ0) is 14.9. The summed E-state index contributed by atoms with van der Waals surface area (Å²) >= 11 is 0. The maximum Gasteiger partial charge on any atom is 0.119 e. The van der Waals surface area contributed by atoms with Crippen LogP contribution in [-0.2, 0) is 0 Å². The Morgan fingerprint density at radius 3 is 3.05 bits per heavy atom. The third kappa shape index (κ3) is 4.73. The first-order valence-electron chi connectivity index (χ1n) is 6.84. The molecular weight excluding hydrogens is 262 g/mol. The molecule has 0 aliphatic heterocycles. The Hall–Kier alpha value is -2.67. The van der Waals surface area contributed by atoms with E-state index in [-0.39, 0.29) is 0 Å². The highest BCUT2D eigenvalue weighted by Gasteiger charge is 1.99. The molecule has 0 unspecified atom stereocenters. The van der Waals surface area contributed by atoms with Crippen molar-refractivity contribution in [2.75, 3.05) is 6.61 Å². The maximum absolute atomic E-state index is 8.49. The molecular formula is C17H17N3O. The molecule has 0 atom stereocenters. The largest absolute Gasteiger partial charge is 0.494 e. The van der Waals surface area contributed by atoms with Crippen molar-refractivity contribution in [1.82, 2.24) is 9.97 Å². The lowest BCUT2D eigenvalue weighted by Crippen LogP contribution is -1.96. The molecule has 1 aromatic heterocycles. The minimum Gasteiger partial charge on any atom is -0.494 e. The van der Waals surface area contributed by atoms with Gasteiger partial charge in [-0.05, 0) is 42.7 Å². The van der Waals surface area contributed by atoms with Crippen LogP contribution in [0.3, 0.4) is 0 Å². The van der Waals surface area contributed by atoms with E-state index in [1.54, 1.807) is 18.6 Å². The van der Waals surface area contributed by atoms with Crippen molar-refractivity contribution in [1.29, 1.82) is 5.26 Å². The number of nitrogens with zero attached hydrogens (tertiary/aromatic N) is 3. The average Bonchev–Trinajstić information content (AvgIpc) is 2.53. The summed E-state index contributed by atoms with van der Waals surface area (Å²) in [6.45, 7) is 2.56. The third-order valence-corrected chi connectivity index (χ3v) is 2.91. The van der Waals surface area contributed by atoms with E-state index in [4.69, 9.17) is 10.00 Å². The highest BCUT2D eigenvalue weighted by atomic mass is 16.5. The second kappa shape index (κ2) is 7.81. The van der Waals surface area contributed by atoms with Gasteiger partial charge in [0, 0.05) is 18.8 Å². The summed E-state index contributed by atoms with van der Waals surface area (Å²) in [4.78, 5) is 8.34. The first-order chi connectivity index (χ1) is 10.3. The summed E-state index contributed by atoms with van der Waals surface area (Å²) in [5.74, 6) is 0.814. The monoisotopic (exact) mass is 279 g/mol. The van der Waals surface area contributed by atoms with E-state index in [1.165, 1.54) is 0 Å². The van der Waals surface area contributed by atoms with E-state index in [1.807, 2.05) is 37.3 Å². The van der Waals surface area contributed by atoms with Crippen molar-refractivity contribution in [2.45, 2.75) is 19.8 Å². The molecule has 0 saturated heterocycles. The summed E-state index contributed by atoms with van der Waals surface area (Å²) in [6.07, 6.45) is 8.40. The topological polar surface area (TPSA) is 58.8 Å². The van der Waals surface area contributed by atoms with Crippen molar-refractivity contribution in [3.63, 3.8) is 0 Å². The summed E-state index contributed by atoms with van der Waals surface area (Å²) in [7, 11) is 0. The van der Waals surface area contributed by atoms with E-state index < -0.39 is 0 Å². The van der Waals surface area contributed by atoms with E-state index >= 15 is 0 Å². The molecule has 4 nitrogen and oxygen atoms in total. The van der Waals surface area contributed by atoms with Gasteiger partial charge in [-0.25, -0.2) is 0 Å². The van der Waals surface area contributed by atoms with Crippen molar-refractivity contribution in [3.8, 4) is 11.8 Å². The van der Waals surface area contributed by atoms with Gasteiger partial charge in [0.15, 0.2) is 0 Å². The molecule has 2 aromatic rings. The first kappa shape index (κ1) is 14.7. The van der Waals surface area contributed by atoms with E-state index in [0.717, 1.165) is 29.0 Å². The van der Waals surface area contributed by atoms with Crippen LogP contribution in [0.4, 0.5) is 0 Å². The molecule has 0 radical (unpaired) electrons. The lowest BCUT2D eigenvalue weighted by molar-refractivity contribution is 0.312. The normalized spacial score (nSPS) is 11.0. The quantitative estimate of drug-likeness (QED) is 0.756. The Morgan fingerprint density at radius 1 is 1.38 bits per heavy atom. The number of allylic oxidation sites excluding steroid dienone is 1. The number of hydrogen-bond donors (Lipinski definition) is 0. The van der Waals surface area contributed by atoms with Crippen LogP contribution in [0.15, 0.2) is 42.9 Å². The molecule has 0 spiro atoms. The minimum atomic E-state index is 0.519. The summed E-state index contributed by atoms with van der Waals surface area (Å²) < 4.78 is 5.63. The molecule has 0 aliphatic rings. The number of benzene rings is 1. The molecule has 0 amide bonds. The van der Waals surface area contributed by atoms with Crippen LogP contribution in [-0.4, -0.2) is 16.6 Å². The molecule has 4 heteroatoms. The van der Waals surface area contributed by atoms with Crippen LogP contribution in [0.5, 0.6) is 5.75 Å². The van der Waals surface area contributed by atoms with Gasteiger partial charge in [0.25, 0.3) is 0 Å². The fraction of sp³-hybridized carbons (Fsp3) is 0.235. The van der Waals surface area contributed by atoms with Crippen LogP contribution in [0.2, 0.25) is 0 Å². The lowest BCUT2D eigenvalue weighted by atomic mass is 10.1. The molecule has 1 aromatic carbocycles. The highest BCUT2D eigenvalue weighted by molar-refractivity contribution is 5.78. The third-order valence-electron chi connectivity index (χ3n) is 2.91. The number of hydrogen-bond acceptors (Lipinski definition) is 4. The predicted octanol–water partition coefficient (Wildman–Crippen LogP) is 3.72. The molecule has 0 aliphatic carbocycles. The molecule has 0 bridgehead atoms. The van der Waals surface area contributed by atoms with Gasteiger partial charge in [0.05, 0.1) is 24.6 Å². The number of rotatable bonds is 6. The van der Waals surface area contributed by atoms with Gasteiger partial charge in [-0.15, -0.1) is 0 Å². The fourth-order valence-electron chi connectivity index (χ4n) is 1.86. The maximum atomic E-state index is 8.49. The minimum absolute atomic E-state index is 0.519. The van der Waals surface area contributed by atoms with E-state index in [2.05, 4.69) is 16.0 Å². The highest BCUT2D eigenvalue weighted by Crippen LogP contribution is 2.19. The Kier molecular flexibility index (Phi) is 5.48. The molecule has 0 saturated carbocycles. The molecule has 0 fully saturated rings. The van der Waals surface area contributed by atoms with Gasteiger partial charge in [-0.3, -0.25) is 9.97 Å². The van der Waals surface area contributed by atoms with Crippen molar-refractivity contribution in [3.05, 3.63) is 54.1 Å². The van der Waals surface area contributed by atoms with Gasteiger partial charge >= 0.3 is 0 Å². The van der Waals surface area contributed by atoms with Crippen molar-refractivity contribution in [2.24, 2.45) is 0 Å². The molecule has 21 heavy (non-hydrogen) atoms. The average molecular weight is 279 g/mol. The second-order valence-electron chi connectivity index (χ2n) is 4.60. The second-order valence-corrected chi connectivity index (χ2v) is 4.60. The molecule has 0 N–H and O–H groups in total. The number of unbranched alkanes of at least 4 members (excludes halogenated alkanes) is 1. The SMILES string of the molecule is CC(=Cc1cccc(OCCCC#N)c1)c1cnccn1.